The lowest BCUT2D eigenvalue weighted by molar-refractivity contribution is -0.116. The Morgan fingerprint density at radius 1 is 1.27 bits per heavy atom. The maximum Gasteiger partial charge on any atom is 0.146 e. The molecule has 0 amide bonds. The highest BCUT2D eigenvalue weighted by Gasteiger charge is 2.27. The molecule has 2 fully saturated rings. The summed E-state index contributed by atoms with van der Waals surface area (Å²) >= 11 is 7.03. The van der Waals surface area contributed by atoms with Gasteiger partial charge in [0.05, 0.1) is 5.25 Å². The summed E-state index contributed by atoms with van der Waals surface area (Å²) in [5.74, 6) is 0.402. The molecule has 2 nitrogen and oxygen atoms in total. The lowest BCUT2D eigenvalue weighted by atomic mass is 10.1. The number of rotatable bonds is 1. The van der Waals surface area contributed by atoms with Gasteiger partial charge in [0.1, 0.15) is 10.1 Å². The second-order valence-corrected chi connectivity index (χ2v) is 6.12. The van der Waals surface area contributed by atoms with E-state index in [1.165, 1.54) is 19.3 Å². The van der Waals surface area contributed by atoms with Crippen molar-refractivity contribution < 1.29 is 4.79 Å². The van der Waals surface area contributed by atoms with Gasteiger partial charge in [-0.3, -0.25) is 4.79 Å². The van der Waals surface area contributed by atoms with E-state index in [2.05, 4.69) is 4.90 Å². The van der Waals surface area contributed by atoms with Crippen molar-refractivity contribution in [3.8, 4) is 0 Å². The van der Waals surface area contributed by atoms with Crippen LogP contribution in [0.15, 0.2) is 0 Å². The molecular formula is C11H17NOS2. The third kappa shape index (κ3) is 2.94. The van der Waals surface area contributed by atoms with Crippen molar-refractivity contribution in [2.24, 2.45) is 0 Å². The summed E-state index contributed by atoms with van der Waals surface area (Å²) in [5, 5.41) is 0.166. The number of thiocarbonyl (C=S) groups is 1. The predicted octanol–water partition coefficient (Wildman–Crippen LogP) is 2.61. The summed E-state index contributed by atoms with van der Waals surface area (Å²) in [6.07, 6.45) is 6.67. The molecule has 15 heavy (non-hydrogen) atoms. The van der Waals surface area contributed by atoms with Gasteiger partial charge >= 0.3 is 0 Å². The summed E-state index contributed by atoms with van der Waals surface area (Å²) in [5.41, 5.74) is 0. The molecule has 0 aromatic carbocycles. The number of hydrogen-bond donors (Lipinski definition) is 0. The summed E-state index contributed by atoms with van der Waals surface area (Å²) in [4.78, 5) is 13.8. The van der Waals surface area contributed by atoms with E-state index in [1.54, 1.807) is 11.8 Å². The lowest BCUT2D eigenvalue weighted by Crippen LogP contribution is -2.34. The molecule has 0 N–H and O–H groups in total. The van der Waals surface area contributed by atoms with Crippen molar-refractivity contribution >= 4 is 34.1 Å². The molecular weight excluding hydrogens is 226 g/mol. The largest absolute Gasteiger partial charge is 0.358 e. The van der Waals surface area contributed by atoms with E-state index in [9.17, 15) is 4.79 Å². The normalized spacial score (nSPS) is 27.1. The summed E-state index contributed by atoms with van der Waals surface area (Å²) < 4.78 is 0.954. The molecule has 1 atom stereocenters. The Bertz CT molecular complexity index is 261. The molecule has 4 heteroatoms. The number of thioether (sulfide) groups is 1. The molecule has 0 spiro atoms. The minimum absolute atomic E-state index is 0.166. The summed E-state index contributed by atoms with van der Waals surface area (Å²) in [6.45, 7) is 2.18. The van der Waals surface area contributed by atoms with Crippen molar-refractivity contribution in [2.45, 2.75) is 43.8 Å². The molecule has 1 aliphatic carbocycles. The number of piperidine rings is 1. The second kappa shape index (κ2) is 5.30. The number of ketones is 1. The maximum absolute atomic E-state index is 11.5. The average molecular weight is 243 g/mol. The minimum Gasteiger partial charge on any atom is -0.358 e. The van der Waals surface area contributed by atoms with Crippen LogP contribution in [0.4, 0.5) is 0 Å². The molecule has 1 saturated carbocycles. The minimum atomic E-state index is 0.166. The number of carbonyl (C=O) groups is 1. The van der Waals surface area contributed by atoms with Crippen molar-refractivity contribution in [1.82, 2.24) is 4.90 Å². The molecule has 0 radical (unpaired) electrons. The molecule has 2 aliphatic rings. The average Bonchev–Trinajstić information content (AvgIpc) is 2.66. The number of hydrogen-bond acceptors (Lipinski definition) is 3. The maximum atomic E-state index is 11.5. The monoisotopic (exact) mass is 243 g/mol. The van der Waals surface area contributed by atoms with E-state index >= 15 is 0 Å². The SMILES string of the molecule is O=C1CCC[C@H]1SC(=S)N1CCCCC1. The Labute approximate surface area is 101 Å². The molecule has 0 aromatic rings. The predicted molar refractivity (Wildman–Crippen MR) is 68.3 cm³/mol. The van der Waals surface area contributed by atoms with Gasteiger partial charge in [-0.15, -0.1) is 0 Å². The van der Waals surface area contributed by atoms with Crippen LogP contribution in [0.25, 0.3) is 0 Å². The highest BCUT2D eigenvalue weighted by Crippen LogP contribution is 2.29. The molecule has 1 saturated heterocycles. The third-order valence-corrected chi connectivity index (χ3v) is 4.90. The number of carbonyl (C=O) groups excluding carboxylic acids is 1. The van der Waals surface area contributed by atoms with Gasteiger partial charge in [-0.1, -0.05) is 24.0 Å². The Morgan fingerprint density at radius 3 is 2.60 bits per heavy atom. The van der Waals surface area contributed by atoms with Crippen LogP contribution in [0.2, 0.25) is 0 Å². The Morgan fingerprint density at radius 2 is 2.00 bits per heavy atom. The molecule has 84 valence electrons. The van der Waals surface area contributed by atoms with Gasteiger partial charge in [-0.05, 0) is 32.1 Å². The van der Waals surface area contributed by atoms with E-state index in [-0.39, 0.29) is 5.25 Å². The zero-order valence-corrected chi connectivity index (χ0v) is 10.5. The highest BCUT2D eigenvalue weighted by atomic mass is 32.2. The van der Waals surface area contributed by atoms with Gasteiger partial charge in [-0.25, -0.2) is 0 Å². The van der Waals surface area contributed by atoms with Crippen LogP contribution in [-0.2, 0) is 4.79 Å². The van der Waals surface area contributed by atoms with Crippen LogP contribution < -0.4 is 0 Å². The van der Waals surface area contributed by atoms with Gasteiger partial charge in [0.25, 0.3) is 0 Å². The van der Waals surface area contributed by atoms with E-state index in [1.807, 2.05) is 0 Å². The fourth-order valence-electron chi connectivity index (χ4n) is 2.18. The Balaban J connectivity index is 1.82. The van der Waals surface area contributed by atoms with E-state index in [0.29, 0.717) is 5.78 Å². The first kappa shape index (κ1) is 11.4. The molecule has 0 bridgehead atoms. The van der Waals surface area contributed by atoms with Crippen molar-refractivity contribution in [2.75, 3.05) is 13.1 Å². The molecule has 0 unspecified atom stereocenters. The zero-order valence-electron chi connectivity index (χ0n) is 8.91. The van der Waals surface area contributed by atoms with Crippen molar-refractivity contribution in [3.05, 3.63) is 0 Å². The fourth-order valence-corrected chi connectivity index (χ4v) is 3.82. The topological polar surface area (TPSA) is 20.3 Å². The molecule has 2 rings (SSSR count). The first-order valence-corrected chi connectivity index (χ1v) is 7.04. The Kier molecular flexibility index (Phi) is 4.03. The van der Waals surface area contributed by atoms with Crippen LogP contribution in [0.5, 0.6) is 0 Å². The standard InChI is InChI=1S/C11H17NOS2/c13-9-5-4-6-10(9)15-11(14)12-7-2-1-3-8-12/h10H,1-8H2/t10-/m1/s1. The van der Waals surface area contributed by atoms with E-state index in [0.717, 1.165) is 36.7 Å². The van der Waals surface area contributed by atoms with Gasteiger partial charge in [0.2, 0.25) is 0 Å². The first-order valence-electron chi connectivity index (χ1n) is 5.75. The van der Waals surface area contributed by atoms with E-state index in [4.69, 9.17) is 12.2 Å². The number of likely N-dealkylation sites (tertiary alicyclic amines) is 1. The number of nitrogens with zero attached hydrogens (tertiary/aromatic N) is 1. The second-order valence-electron chi connectivity index (χ2n) is 4.28. The molecule has 0 aromatic heterocycles. The number of Topliss-reactive ketones (excluding diaryl/α,β-unsaturated/α-hetero) is 1. The molecule has 1 heterocycles. The van der Waals surface area contributed by atoms with Gasteiger partial charge in [-0.2, -0.15) is 0 Å². The van der Waals surface area contributed by atoms with Crippen molar-refractivity contribution in [3.63, 3.8) is 0 Å². The quantitative estimate of drug-likeness (QED) is 0.659. The van der Waals surface area contributed by atoms with Gasteiger partial charge < -0.3 is 4.90 Å². The zero-order chi connectivity index (χ0) is 10.7. The van der Waals surface area contributed by atoms with Crippen molar-refractivity contribution in [1.29, 1.82) is 0 Å². The first-order chi connectivity index (χ1) is 7.27. The van der Waals surface area contributed by atoms with Gasteiger partial charge in [0, 0.05) is 19.5 Å². The fraction of sp³-hybridized carbons (Fsp3) is 0.818. The summed E-state index contributed by atoms with van der Waals surface area (Å²) in [7, 11) is 0. The van der Waals surface area contributed by atoms with E-state index < -0.39 is 0 Å². The van der Waals surface area contributed by atoms with Crippen LogP contribution >= 0.6 is 24.0 Å². The Hall–Kier alpha value is -0.0900. The van der Waals surface area contributed by atoms with Crippen LogP contribution in [0.1, 0.15) is 38.5 Å². The molecule has 1 aliphatic heterocycles. The lowest BCUT2D eigenvalue weighted by Gasteiger charge is -2.29. The van der Waals surface area contributed by atoms with Crippen LogP contribution in [-0.4, -0.2) is 33.3 Å². The third-order valence-electron chi connectivity index (χ3n) is 3.11. The van der Waals surface area contributed by atoms with Crippen LogP contribution in [0, 0.1) is 0 Å². The van der Waals surface area contributed by atoms with Gasteiger partial charge in [0.15, 0.2) is 0 Å². The van der Waals surface area contributed by atoms with Crippen LogP contribution in [0.3, 0.4) is 0 Å². The smallest absolute Gasteiger partial charge is 0.146 e. The summed E-state index contributed by atoms with van der Waals surface area (Å²) in [6, 6.07) is 0. The highest BCUT2D eigenvalue weighted by molar-refractivity contribution is 8.23.